The Bertz CT molecular complexity index is 397. The maximum Gasteiger partial charge on any atom is 0.216 e. The third kappa shape index (κ3) is 4.17. The molecule has 0 aliphatic rings. The first-order valence-electron chi connectivity index (χ1n) is 5.30. The average Bonchev–Trinajstić information content (AvgIpc) is 2.20. The van der Waals surface area contributed by atoms with E-state index in [1.54, 1.807) is 6.07 Å². The standard InChI is InChI=1S/C13H17NO2/c1-10-6-7-12(13(16)9-10)5-3-4-8-14-11(2)15/h3,5-7,9,16H,4,8H2,1-2H3,(H,14,15). The third-order valence-corrected chi connectivity index (χ3v) is 2.17. The summed E-state index contributed by atoms with van der Waals surface area (Å²) in [5.41, 5.74) is 1.83. The maximum absolute atomic E-state index is 10.6. The Morgan fingerprint density at radius 1 is 1.50 bits per heavy atom. The van der Waals surface area contributed by atoms with E-state index in [1.807, 2.05) is 31.2 Å². The molecule has 0 saturated heterocycles. The fourth-order valence-corrected chi connectivity index (χ4v) is 1.34. The maximum atomic E-state index is 10.6. The van der Waals surface area contributed by atoms with Gasteiger partial charge < -0.3 is 10.4 Å². The molecule has 0 fully saturated rings. The second-order valence-corrected chi connectivity index (χ2v) is 3.74. The Balaban J connectivity index is 2.47. The highest BCUT2D eigenvalue weighted by Gasteiger charge is 1.96. The van der Waals surface area contributed by atoms with Crippen molar-refractivity contribution in [3.8, 4) is 5.75 Å². The number of amides is 1. The Morgan fingerprint density at radius 3 is 2.88 bits per heavy atom. The SMILES string of the molecule is CC(=O)NCCC=Cc1ccc(C)cc1O. The van der Waals surface area contributed by atoms with E-state index in [2.05, 4.69) is 5.32 Å². The smallest absolute Gasteiger partial charge is 0.216 e. The highest BCUT2D eigenvalue weighted by molar-refractivity contribution is 5.72. The van der Waals surface area contributed by atoms with Gasteiger partial charge in [-0.2, -0.15) is 0 Å². The zero-order chi connectivity index (χ0) is 12.0. The molecule has 1 aromatic rings. The molecule has 0 unspecified atom stereocenters. The van der Waals surface area contributed by atoms with Crippen molar-refractivity contribution in [2.45, 2.75) is 20.3 Å². The number of phenolic OH excluding ortho intramolecular Hbond substituents is 1. The molecule has 3 heteroatoms. The lowest BCUT2D eigenvalue weighted by Crippen LogP contribution is -2.20. The molecule has 1 aromatic carbocycles. The molecule has 16 heavy (non-hydrogen) atoms. The van der Waals surface area contributed by atoms with Gasteiger partial charge in [0.25, 0.3) is 0 Å². The minimum absolute atomic E-state index is 0.0217. The number of phenols is 1. The molecule has 0 aromatic heterocycles. The first-order valence-corrected chi connectivity index (χ1v) is 5.30. The zero-order valence-corrected chi connectivity index (χ0v) is 9.66. The van der Waals surface area contributed by atoms with Crippen LogP contribution in [0.1, 0.15) is 24.5 Å². The fraction of sp³-hybridized carbons (Fsp3) is 0.308. The molecule has 3 nitrogen and oxygen atoms in total. The van der Waals surface area contributed by atoms with Crippen molar-refractivity contribution in [3.63, 3.8) is 0 Å². The number of nitrogens with one attached hydrogen (secondary N) is 1. The minimum atomic E-state index is -0.0217. The summed E-state index contributed by atoms with van der Waals surface area (Å²) in [6.45, 7) is 4.05. The molecular formula is C13H17NO2. The molecule has 0 saturated carbocycles. The predicted molar refractivity (Wildman–Crippen MR) is 65.2 cm³/mol. The summed E-state index contributed by atoms with van der Waals surface area (Å²) in [6, 6.07) is 5.56. The summed E-state index contributed by atoms with van der Waals surface area (Å²) >= 11 is 0. The van der Waals surface area contributed by atoms with Gasteiger partial charge in [-0.3, -0.25) is 4.79 Å². The number of aromatic hydroxyl groups is 1. The van der Waals surface area contributed by atoms with Crippen LogP contribution in [-0.4, -0.2) is 17.6 Å². The van der Waals surface area contributed by atoms with Crippen molar-refractivity contribution in [3.05, 3.63) is 35.4 Å². The second kappa shape index (κ2) is 5.95. The quantitative estimate of drug-likeness (QED) is 0.763. The van der Waals surface area contributed by atoms with E-state index >= 15 is 0 Å². The molecule has 0 heterocycles. The van der Waals surface area contributed by atoms with Gasteiger partial charge in [-0.05, 0) is 25.0 Å². The van der Waals surface area contributed by atoms with Crippen molar-refractivity contribution in [1.82, 2.24) is 5.32 Å². The van der Waals surface area contributed by atoms with E-state index in [4.69, 9.17) is 0 Å². The number of benzene rings is 1. The molecule has 1 amide bonds. The lowest BCUT2D eigenvalue weighted by Gasteiger charge is -2.00. The summed E-state index contributed by atoms with van der Waals surface area (Å²) in [4.78, 5) is 10.6. The van der Waals surface area contributed by atoms with Gasteiger partial charge >= 0.3 is 0 Å². The number of carbonyl (C=O) groups is 1. The molecule has 0 aliphatic heterocycles. The van der Waals surface area contributed by atoms with Crippen LogP contribution >= 0.6 is 0 Å². The predicted octanol–water partition coefficient (Wildman–Crippen LogP) is 2.24. The molecular weight excluding hydrogens is 202 g/mol. The van der Waals surface area contributed by atoms with E-state index < -0.39 is 0 Å². The Kier molecular flexibility index (Phi) is 4.58. The van der Waals surface area contributed by atoms with E-state index in [9.17, 15) is 9.90 Å². The number of hydrogen-bond acceptors (Lipinski definition) is 2. The fourth-order valence-electron chi connectivity index (χ4n) is 1.34. The third-order valence-electron chi connectivity index (χ3n) is 2.17. The second-order valence-electron chi connectivity index (χ2n) is 3.74. The van der Waals surface area contributed by atoms with Crippen LogP contribution in [0.15, 0.2) is 24.3 Å². The van der Waals surface area contributed by atoms with Gasteiger partial charge in [0.15, 0.2) is 0 Å². The monoisotopic (exact) mass is 219 g/mol. The lowest BCUT2D eigenvalue weighted by atomic mass is 10.1. The lowest BCUT2D eigenvalue weighted by molar-refractivity contribution is -0.118. The Hall–Kier alpha value is -1.77. The Morgan fingerprint density at radius 2 is 2.25 bits per heavy atom. The van der Waals surface area contributed by atoms with Crippen molar-refractivity contribution >= 4 is 12.0 Å². The highest BCUT2D eigenvalue weighted by Crippen LogP contribution is 2.19. The van der Waals surface area contributed by atoms with Crippen LogP contribution in [0.3, 0.4) is 0 Å². The Labute approximate surface area is 95.8 Å². The van der Waals surface area contributed by atoms with E-state index in [-0.39, 0.29) is 11.7 Å². The van der Waals surface area contributed by atoms with Crippen molar-refractivity contribution in [1.29, 1.82) is 0 Å². The number of carbonyl (C=O) groups excluding carboxylic acids is 1. The largest absolute Gasteiger partial charge is 0.507 e. The average molecular weight is 219 g/mol. The highest BCUT2D eigenvalue weighted by atomic mass is 16.3. The van der Waals surface area contributed by atoms with Crippen LogP contribution in [0.25, 0.3) is 6.08 Å². The summed E-state index contributed by atoms with van der Waals surface area (Å²) in [5.74, 6) is 0.266. The first-order chi connectivity index (χ1) is 7.59. The van der Waals surface area contributed by atoms with Crippen LogP contribution in [0.2, 0.25) is 0 Å². The van der Waals surface area contributed by atoms with Gasteiger partial charge in [0.1, 0.15) is 5.75 Å². The molecule has 86 valence electrons. The minimum Gasteiger partial charge on any atom is -0.507 e. The van der Waals surface area contributed by atoms with E-state index in [1.165, 1.54) is 6.92 Å². The zero-order valence-electron chi connectivity index (χ0n) is 9.66. The van der Waals surface area contributed by atoms with Crippen LogP contribution in [-0.2, 0) is 4.79 Å². The van der Waals surface area contributed by atoms with Gasteiger partial charge in [0.05, 0.1) is 0 Å². The summed E-state index contributed by atoms with van der Waals surface area (Å²) < 4.78 is 0. The van der Waals surface area contributed by atoms with Crippen molar-refractivity contribution in [2.75, 3.05) is 6.54 Å². The van der Waals surface area contributed by atoms with Gasteiger partial charge in [0.2, 0.25) is 5.91 Å². The van der Waals surface area contributed by atoms with Gasteiger partial charge in [-0.15, -0.1) is 0 Å². The van der Waals surface area contributed by atoms with Crippen molar-refractivity contribution in [2.24, 2.45) is 0 Å². The van der Waals surface area contributed by atoms with Crippen LogP contribution in [0, 0.1) is 6.92 Å². The number of aryl methyl sites for hydroxylation is 1. The van der Waals surface area contributed by atoms with Gasteiger partial charge in [0, 0.05) is 19.0 Å². The summed E-state index contributed by atoms with van der Waals surface area (Å²) in [6.07, 6.45) is 4.55. The van der Waals surface area contributed by atoms with E-state index in [0.29, 0.717) is 6.54 Å². The van der Waals surface area contributed by atoms with Crippen molar-refractivity contribution < 1.29 is 9.90 Å². The topological polar surface area (TPSA) is 49.3 Å². The molecule has 0 spiro atoms. The van der Waals surface area contributed by atoms with Gasteiger partial charge in [-0.1, -0.05) is 24.3 Å². The van der Waals surface area contributed by atoms with E-state index in [0.717, 1.165) is 17.5 Å². The molecule has 0 aliphatic carbocycles. The molecule has 0 atom stereocenters. The number of hydrogen-bond donors (Lipinski definition) is 2. The summed E-state index contributed by atoms with van der Waals surface area (Å²) in [7, 11) is 0. The molecule has 0 bridgehead atoms. The van der Waals surface area contributed by atoms with Gasteiger partial charge in [-0.25, -0.2) is 0 Å². The van der Waals surface area contributed by atoms with Crippen LogP contribution in [0.4, 0.5) is 0 Å². The molecule has 2 N–H and O–H groups in total. The normalized spacial score (nSPS) is 10.6. The summed E-state index contributed by atoms with van der Waals surface area (Å²) in [5, 5.41) is 12.3. The molecule has 1 rings (SSSR count). The number of rotatable bonds is 4. The van der Waals surface area contributed by atoms with Crippen LogP contribution in [0.5, 0.6) is 5.75 Å². The molecule has 0 radical (unpaired) electrons. The van der Waals surface area contributed by atoms with Crippen LogP contribution < -0.4 is 5.32 Å². The first kappa shape index (κ1) is 12.3.